The summed E-state index contributed by atoms with van der Waals surface area (Å²) in [4.78, 5) is 10.1. The third-order valence-corrected chi connectivity index (χ3v) is 5.33. The van der Waals surface area contributed by atoms with Crippen LogP contribution in [-0.2, 0) is 9.98 Å². The molecule has 5 heteroatoms. The highest BCUT2D eigenvalue weighted by atomic mass is 35.5. The smallest absolute Gasteiger partial charge is 0.408 e. The predicted octanol–water partition coefficient (Wildman–Crippen LogP) is 4.51. The molecule has 110 valence electrons. The van der Waals surface area contributed by atoms with Gasteiger partial charge in [-0.2, -0.15) is 0 Å². The van der Waals surface area contributed by atoms with Gasteiger partial charge in [-0.1, -0.05) is 50.6 Å². The number of hydrogen-bond acceptors (Lipinski definition) is 2. The molecule has 0 saturated heterocycles. The topological polar surface area (TPSA) is 46.5 Å². The molecule has 3 nitrogen and oxygen atoms in total. The standard InChI is InChI=1S/C16H16ClO3P/c1-16(2,3)10-8-12-11-6-4-5-7-14(11)21(18,19)20-15(12)13(17)9-10/h4-9H,1-3H3,(H,18,19). The summed E-state index contributed by atoms with van der Waals surface area (Å²) in [5.41, 5.74) is 2.45. The van der Waals surface area contributed by atoms with Crippen LogP contribution < -0.4 is 9.83 Å². The maximum absolute atomic E-state index is 12.3. The van der Waals surface area contributed by atoms with E-state index in [0.29, 0.717) is 15.9 Å². The Morgan fingerprint density at radius 2 is 1.81 bits per heavy atom. The first-order valence-electron chi connectivity index (χ1n) is 6.66. The van der Waals surface area contributed by atoms with E-state index in [1.54, 1.807) is 18.2 Å². The van der Waals surface area contributed by atoms with E-state index < -0.39 is 7.60 Å². The summed E-state index contributed by atoms with van der Waals surface area (Å²) in [7, 11) is -3.88. The van der Waals surface area contributed by atoms with Gasteiger partial charge in [-0.15, -0.1) is 0 Å². The third-order valence-electron chi connectivity index (χ3n) is 3.62. The normalized spacial score (nSPS) is 20.4. The summed E-state index contributed by atoms with van der Waals surface area (Å²) in [5, 5.41) is 0.681. The van der Waals surface area contributed by atoms with Gasteiger partial charge < -0.3 is 9.42 Å². The van der Waals surface area contributed by atoms with Gasteiger partial charge in [-0.3, -0.25) is 0 Å². The maximum Gasteiger partial charge on any atom is 0.408 e. The minimum atomic E-state index is -3.88. The number of halogens is 1. The molecule has 1 aliphatic heterocycles. The highest BCUT2D eigenvalue weighted by molar-refractivity contribution is 7.62. The summed E-state index contributed by atoms with van der Waals surface area (Å²) in [6.45, 7) is 6.28. The van der Waals surface area contributed by atoms with Crippen LogP contribution in [0, 0.1) is 0 Å². The molecule has 3 rings (SSSR count). The Bertz CT molecular complexity index is 778. The molecule has 1 unspecified atom stereocenters. The number of fused-ring (bicyclic) bond motifs is 3. The molecule has 0 aromatic heterocycles. The lowest BCUT2D eigenvalue weighted by molar-refractivity contribution is 0.392. The second kappa shape index (κ2) is 4.61. The van der Waals surface area contributed by atoms with Crippen LogP contribution in [0.2, 0.25) is 5.02 Å². The molecule has 0 fully saturated rings. The van der Waals surface area contributed by atoms with Crippen molar-refractivity contribution < 1.29 is 14.0 Å². The van der Waals surface area contributed by atoms with Gasteiger partial charge in [0, 0.05) is 11.1 Å². The van der Waals surface area contributed by atoms with Gasteiger partial charge in [0.15, 0.2) is 5.75 Å². The van der Waals surface area contributed by atoms with Crippen LogP contribution in [0.25, 0.3) is 11.1 Å². The van der Waals surface area contributed by atoms with Crippen molar-refractivity contribution in [3.8, 4) is 16.9 Å². The molecule has 21 heavy (non-hydrogen) atoms. The van der Waals surface area contributed by atoms with Gasteiger partial charge in [-0.25, -0.2) is 4.57 Å². The molecule has 1 N–H and O–H groups in total. The molecule has 2 aromatic carbocycles. The first kappa shape index (κ1) is 14.6. The highest BCUT2D eigenvalue weighted by Gasteiger charge is 2.36. The van der Waals surface area contributed by atoms with E-state index in [9.17, 15) is 9.46 Å². The second-order valence-electron chi connectivity index (χ2n) is 6.21. The van der Waals surface area contributed by atoms with Crippen LogP contribution in [0.4, 0.5) is 0 Å². The summed E-state index contributed by atoms with van der Waals surface area (Å²) in [5.74, 6) is 0.286. The second-order valence-corrected chi connectivity index (χ2v) is 8.33. The molecule has 0 amide bonds. The molecular formula is C16H16ClO3P. The van der Waals surface area contributed by atoms with Crippen molar-refractivity contribution in [2.24, 2.45) is 0 Å². The van der Waals surface area contributed by atoms with Crippen molar-refractivity contribution >= 4 is 24.5 Å². The number of rotatable bonds is 0. The van der Waals surface area contributed by atoms with Crippen LogP contribution >= 0.6 is 19.2 Å². The van der Waals surface area contributed by atoms with Crippen LogP contribution in [0.5, 0.6) is 5.75 Å². The van der Waals surface area contributed by atoms with Crippen molar-refractivity contribution in [3.05, 3.63) is 47.0 Å². The maximum atomic E-state index is 12.3. The van der Waals surface area contributed by atoms with Crippen molar-refractivity contribution in [3.63, 3.8) is 0 Å². The lowest BCUT2D eigenvalue weighted by Gasteiger charge is -2.28. The largest absolute Gasteiger partial charge is 0.419 e. The molecule has 1 aliphatic rings. The van der Waals surface area contributed by atoms with Crippen molar-refractivity contribution in [2.45, 2.75) is 26.2 Å². The molecule has 0 saturated carbocycles. The fourth-order valence-corrected chi connectivity index (χ4v) is 4.07. The Labute approximate surface area is 129 Å². The lowest BCUT2D eigenvalue weighted by atomic mass is 9.85. The quantitative estimate of drug-likeness (QED) is 0.726. The molecular weight excluding hydrogens is 307 g/mol. The molecule has 2 aromatic rings. The van der Waals surface area contributed by atoms with E-state index in [1.807, 2.05) is 18.2 Å². The van der Waals surface area contributed by atoms with Gasteiger partial charge in [0.25, 0.3) is 0 Å². The lowest BCUT2D eigenvalue weighted by Crippen LogP contribution is -2.19. The highest BCUT2D eigenvalue weighted by Crippen LogP contribution is 2.54. The molecule has 0 bridgehead atoms. The minimum absolute atomic E-state index is 0.0754. The van der Waals surface area contributed by atoms with Crippen molar-refractivity contribution in [2.75, 3.05) is 0 Å². The van der Waals surface area contributed by atoms with Gasteiger partial charge in [-0.05, 0) is 29.2 Å². The van der Waals surface area contributed by atoms with Crippen LogP contribution in [0.15, 0.2) is 36.4 Å². The summed E-state index contributed by atoms with van der Waals surface area (Å²) in [6, 6.07) is 10.8. The van der Waals surface area contributed by atoms with Crippen LogP contribution in [-0.4, -0.2) is 4.89 Å². The molecule has 0 aliphatic carbocycles. The van der Waals surface area contributed by atoms with Gasteiger partial charge in [0.1, 0.15) is 0 Å². The van der Waals surface area contributed by atoms with Gasteiger partial charge in [0.05, 0.1) is 10.3 Å². The van der Waals surface area contributed by atoms with E-state index in [-0.39, 0.29) is 11.2 Å². The minimum Gasteiger partial charge on any atom is -0.419 e. The van der Waals surface area contributed by atoms with E-state index >= 15 is 0 Å². The fourth-order valence-electron chi connectivity index (χ4n) is 2.44. The number of hydrogen-bond donors (Lipinski definition) is 1. The van der Waals surface area contributed by atoms with Gasteiger partial charge in [0.2, 0.25) is 0 Å². The monoisotopic (exact) mass is 322 g/mol. The van der Waals surface area contributed by atoms with E-state index in [0.717, 1.165) is 11.1 Å². The zero-order valence-electron chi connectivity index (χ0n) is 12.1. The third kappa shape index (κ3) is 2.40. The molecule has 0 radical (unpaired) electrons. The van der Waals surface area contributed by atoms with E-state index in [4.69, 9.17) is 16.1 Å². The van der Waals surface area contributed by atoms with Gasteiger partial charge >= 0.3 is 7.60 Å². The van der Waals surface area contributed by atoms with Crippen LogP contribution in [0.3, 0.4) is 0 Å². The summed E-state index contributed by atoms with van der Waals surface area (Å²) in [6.07, 6.45) is 0. The molecule has 0 spiro atoms. The Balaban J connectivity index is 2.34. The average molecular weight is 323 g/mol. The summed E-state index contributed by atoms with van der Waals surface area (Å²) >= 11 is 6.29. The molecule has 1 atom stereocenters. The van der Waals surface area contributed by atoms with E-state index in [1.165, 1.54) is 0 Å². The zero-order valence-corrected chi connectivity index (χ0v) is 13.7. The molecule has 1 heterocycles. The predicted molar refractivity (Wildman–Crippen MR) is 85.7 cm³/mol. The van der Waals surface area contributed by atoms with Crippen LogP contribution in [0.1, 0.15) is 26.3 Å². The first-order valence-corrected chi connectivity index (χ1v) is 8.62. The van der Waals surface area contributed by atoms with Crippen molar-refractivity contribution in [1.29, 1.82) is 0 Å². The first-order chi connectivity index (χ1) is 9.70. The Hall–Kier alpha value is -1.28. The van der Waals surface area contributed by atoms with E-state index in [2.05, 4.69) is 20.8 Å². The zero-order chi connectivity index (χ0) is 15.4. The fraction of sp³-hybridized carbons (Fsp3) is 0.250. The average Bonchev–Trinajstić information content (AvgIpc) is 2.39. The Kier molecular flexibility index (Phi) is 3.21. The number of benzene rings is 2. The Morgan fingerprint density at radius 1 is 1.14 bits per heavy atom. The SMILES string of the molecule is CC(C)(C)c1cc(Cl)c2c(c1)-c1ccccc1P(=O)(O)O2. The van der Waals surface area contributed by atoms with Crippen molar-refractivity contribution in [1.82, 2.24) is 0 Å². The Morgan fingerprint density at radius 3 is 2.48 bits per heavy atom. The summed E-state index contributed by atoms with van der Waals surface area (Å²) < 4.78 is 17.7.